The maximum Gasteiger partial charge on any atom is 0.248 e. The van der Waals surface area contributed by atoms with Crippen molar-refractivity contribution in [2.24, 2.45) is 0 Å². The number of nitrogens with zero attached hydrogens (tertiary/aromatic N) is 1. The van der Waals surface area contributed by atoms with Crippen molar-refractivity contribution in [1.82, 2.24) is 0 Å². The highest BCUT2D eigenvalue weighted by molar-refractivity contribution is 7.92. The Bertz CT molecular complexity index is 998. The van der Waals surface area contributed by atoms with E-state index in [4.69, 9.17) is 11.6 Å². The standard InChI is InChI=1S/C21H24ClN3O3S/c1-29(27,28)24-17-8-5-16(6-9-17)7-12-21(26)23-18-10-11-20(19(22)15-18)25-13-3-2-4-14-25/h5-12,15,24H,2-4,13-14H2,1H3,(H,23,26)/b12-7+. The van der Waals surface area contributed by atoms with Crippen LogP contribution in [0.2, 0.25) is 5.02 Å². The molecule has 0 unspecified atom stereocenters. The number of benzene rings is 2. The van der Waals surface area contributed by atoms with Crippen molar-refractivity contribution in [3.05, 3.63) is 59.1 Å². The van der Waals surface area contributed by atoms with Crippen molar-refractivity contribution in [1.29, 1.82) is 0 Å². The lowest BCUT2D eigenvalue weighted by Crippen LogP contribution is -2.29. The van der Waals surface area contributed by atoms with Gasteiger partial charge in [0, 0.05) is 30.5 Å². The highest BCUT2D eigenvalue weighted by Crippen LogP contribution is 2.30. The molecule has 6 nitrogen and oxygen atoms in total. The van der Waals surface area contributed by atoms with E-state index in [1.807, 2.05) is 12.1 Å². The molecule has 0 aromatic heterocycles. The number of nitrogens with one attached hydrogen (secondary N) is 2. The van der Waals surface area contributed by atoms with E-state index in [9.17, 15) is 13.2 Å². The first-order chi connectivity index (χ1) is 13.8. The van der Waals surface area contributed by atoms with Crippen molar-refractivity contribution in [2.45, 2.75) is 19.3 Å². The second-order valence-electron chi connectivity index (χ2n) is 7.03. The van der Waals surface area contributed by atoms with Crippen LogP contribution in [-0.4, -0.2) is 33.7 Å². The zero-order valence-corrected chi connectivity index (χ0v) is 17.8. The summed E-state index contributed by atoms with van der Waals surface area (Å²) in [4.78, 5) is 14.5. The molecule has 0 radical (unpaired) electrons. The molecule has 2 aromatic rings. The summed E-state index contributed by atoms with van der Waals surface area (Å²) in [6, 6.07) is 12.3. The highest BCUT2D eigenvalue weighted by atomic mass is 35.5. The third-order valence-corrected chi connectivity index (χ3v) is 5.46. The first kappa shape index (κ1) is 21.2. The Balaban J connectivity index is 1.59. The van der Waals surface area contributed by atoms with Crippen LogP contribution in [0.1, 0.15) is 24.8 Å². The number of anilines is 3. The van der Waals surface area contributed by atoms with Crippen LogP contribution >= 0.6 is 11.6 Å². The summed E-state index contributed by atoms with van der Waals surface area (Å²) in [6.07, 6.45) is 7.77. The van der Waals surface area contributed by atoms with Gasteiger partial charge in [-0.3, -0.25) is 9.52 Å². The van der Waals surface area contributed by atoms with Crippen molar-refractivity contribution < 1.29 is 13.2 Å². The first-order valence-electron chi connectivity index (χ1n) is 9.41. The molecule has 2 aromatic carbocycles. The Morgan fingerprint density at radius 1 is 1.03 bits per heavy atom. The number of hydrogen-bond acceptors (Lipinski definition) is 4. The van der Waals surface area contributed by atoms with Crippen LogP contribution in [0.15, 0.2) is 48.5 Å². The fourth-order valence-electron chi connectivity index (χ4n) is 3.21. The van der Waals surface area contributed by atoms with Crippen LogP contribution in [0.5, 0.6) is 0 Å². The minimum absolute atomic E-state index is 0.273. The molecule has 0 spiro atoms. The van der Waals surface area contributed by atoms with Crippen LogP contribution in [0.4, 0.5) is 17.1 Å². The lowest BCUT2D eigenvalue weighted by molar-refractivity contribution is -0.111. The van der Waals surface area contributed by atoms with E-state index in [2.05, 4.69) is 14.9 Å². The largest absolute Gasteiger partial charge is 0.370 e. The van der Waals surface area contributed by atoms with Crippen molar-refractivity contribution in [2.75, 3.05) is 34.3 Å². The number of sulfonamides is 1. The fourth-order valence-corrected chi connectivity index (χ4v) is 4.07. The molecular weight excluding hydrogens is 410 g/mol. The number of halogens is 1. The lowest BCUT2D eigenvalue weighted by atomic mass is 10.1. The molecule has 29 heavy (non-hydrogen) atoms. The quantitative estimate of drug-likeness (QED) is 0.663. The number of hydrogen-bond donors (Lipinski definition) is 2. The molecule has 0 saturated carbocycles. The van der Waals surface area contributed by atoms with Gasteiger partial charge in [0.1, 0.15) is 0 Å². The summed E-state index contributed by atoms with van der Waals surface area (Å²) < 4.78 is 24.8. The molecule has 0 atom stereocenters. The van der Waals surface area contributed by atoms with Gasteiger partial charge in [-0.1, -0.05) is 23.7 Å². The van der Waals surface area contributed by atoms with Crippen molar-refractivity contribution in [3.63, 3.8) is 0 Å². The van der Waals surface area contributed by atoms with Gasteiger partial charge in [0.05, 0.1) is 17.0 Å². The molecule has 1 heterocycles. The third kappa shape index (κ3) is 6.51. The maximum atomic E-state index is 12.2. The smallest absolute Gasteiger partial charge is 0.248 e. The Morgan fingerprint density at radius 2 is 1.69 bits per heavy atom. The Labute approximate surface area is 176 Å². The molecule has 1 saturated heterocycles. The SMILES string of the molecule is CS(=O)(=O)Nc1ccc(/C=C/C(=O)Nc2ccc(N3CCCCC3)c(Cl)c2)cc1. The van der Waals surface area contributed by atoms with Gasteiger partial charge in [0.25, 0.3) is 0 Å². The summed E-state index contributed by atoms with van der Waals surface area (Å²) in [7, 11) is -3.31. The maximum absolute atomic E-state index is 12.2. The Kier molecular flexibility index (Phi) is 6.82. The number of amides is 1. The highest BCUT2D eigenvalue weighted by Gasteiger charge is 2.14. The molecule has 0 aliphatic carbocycles. The van der Waals surface area contributed by atoms with Crippen molar-refractivity contribution >= 4 is 50.7 Å². The lowest BCUT2D eigenvalue weighted by Gasteiger charge is -2.29. The van der Waals surface area contributed by atoms with Gasteiger partial charge in [-0.15, -0.1) is 0 Å². The molecular formula is C21H24ClN3O3S. The average Bonchev–Trinajstić information content (AvgIpc) is 2.67. The predicted octanol–water partition coefficient (Wildman–Crippen LogP) is 4.35. The minimum atomic E-state index is -3.31. The number of carbonyl (C=O) groups excluding carboxylic acids is 1. The molecule has 1 amide bonds. The molecule has 8 heteroatoms. The van der Waals surface area contributed by atoms with Gasteiger partial charge in [-0.2, -0.15) is 0 Å². The van der Waals surface area contributed by atoms with Crippen LogP contribution in [0, 0.1) is 0 Å². The van der Waals surface area contributed by atoms with Gasteiger partial charge < -0.3 is 10.2 Å². The summed E-state index contributed by atoms with van der Waals surface area (Å²) in [5.41, 5.74) is 2.89. The number of piperidine rings is 1. The molecule has 154 valence electrons. The molecule has 1 aliphatic rings. The van der Waals surface area contributed by atoms with Crippen LogP contribution in [0.25, 0.3) is 6.08 Å². The predicted molar refractivity (Wildman–Crippen MR) is 120 cm³/mol. The van der Waals surface area contributed by atoms with E-state index in [-0.39, 0.29) is 5.91 Å². The number of carbonyl (C=O) groups is 1. The van der Waals surface area contributed by atoms with E-state index < -0.39 is 10.0 Å². The Hall–Kier alpha value is -2.51. The summed E-state index contributed by atoms with van der Waals surface area (Å²) in [5.74, 6) is -0.273. The van der Waals surface area contributed by atoms with Gasteiger partial charge in [0.15, 0.2) is 0 Å². The van der Waals surface area contributed by atoms with Gasteiger partial charge in [-0.25, -0.2) is 8.42 Å². The Morgan fingerprint density at radius 3 is 2.31 bits per heavy atom. The zero-order chi connectivity index (χ0) is 20.9. The van der Waals surface area contributed by atoms with Gasteiger partial charge in [0.2, 0.25) is 15.9 Å². The second-order valence-corrected chi connectivity index (χ2v) is 9.19. The van der Waals surface area contributed by atoms with Gasteiger partial charge >= 0.3 is 0 Å². The van der Waals surface area contributed by atoms with E-state index in [0.717, 1.165) is 30.6 Å². The van der Waals surface area contributed by atoms with E-state index in [1.54, 1.807) is 36.4 Å². The summed E-state index contributed by atoms with van der Waals surface area (Å²) in [6.45, 7) is 2.01. The monoisotopic (exact) mass is 433 g/mol. The number of rotatable bonds is 6. The zero-order valence-electron chi connectivity index (χ0n) is 16.2. The van der Waals surface area contributed by atoms with E-state index >= 15 is 0 Å². The van der Waals surface area contributed by atoms with Crippen molar-refractivity contribution in [3.8, 4) is 0 Å². The van der Waals surface area contributed by atoms with E-state index in [0.29, 0.717) is 16.4 Å². The molecule has 1 aliphatic heterocycles. The van der Waals surface area contributed by atoms with E-state index in [1.165, 1.54) is 25.3 Å². The molecule has 1 fully saturated rings. The van der Waals surface area contributed by atoms with Crippen LogP contribution < -0.4 is 14.9 Å². The first-order valence-corrected chi connectivity index (χ1v) is 11.7. The minimum Gasteiger partial charge on any atom is -0.370 e. The van der Waals surface area contributed by atoms with Gasteiger partial charge in [-0.05, 0) is 61.2 Å². The van der Waals surface area contributed by atoms with Crippen LogP contribution in [0.3, 0.4) is 0 Å². The third-order valence-electron chi connectivity index (χ3n) is 4.55. The summed E-state index contributed by atoms with van der Waals surface area (Å²) >= 11 is 6.42. The molecule has 0 bridgehead atoms. The molecule has 3 rings (SSSR count). The fraction of sp³-hybridized carbons (Fsp3) is 0.286. The normalized spacial score (nSPS) is 14.8. The average molecular weight is 434 g/mol. The second kappa shape index (κ2) is 9.33. The molecule has 2 N–H and O–H groups in total. The topological polar surface area (TPSA) is 78.5 Å². The summed E-state index contributed by atoms with van der Waals surface area (Å²) in [5, 5.41) is 3.43. The van der Waals surface area contributed by atoms with Crippen LogP contribution in [-0.2, 0) is 14.8 Å².